The minimum atomic E-state index is -0.498. The maximum Gasteiger partial charge on any atom is 0.263 e. The molecule has 0 aliphatic rings. The van der Waals surface area contributed by atoms with E-state index in [1.807, 2.05) is 0 Å². The van der Waals surface area contributed by atoms with Crippen molar-refractivity contribution in [2.75, 3.05) is 11.9 Å². The number of hydrogen-bond acceptors (Lipinski definition) is 3. The molecule has 2 aromatic rings. The van der Waals surface area contributed by atoms with Crippen LogP contribution in [-0.2, 0) is 4.79 Å². The summed E-state index contributed by atoms with van der Waals surface area (Å²) < 4.78 is 18.5. The lowest BCUT2D eigenvalue weighted by molar-refractivity contribution is -0.118. The molecule has 0 saturated heterocycles. The van der Waals surface area contributed by atoms with Gasteiger partial charge in [-0.15, -0.1) is 0 Å². The average molecular weight is 360 g/mol. The zero-order valence-corrected chi connectivity index (χ0v) is 12.4. The average Bonchev–Trinajstić information content (AvgIpc) is 2.41. The monoisotopic (exact) mass is 358 g/mol. The second-order valence-corrected chi connectivity index (χ2v) is 5.01. The molecule has 0 atom stereocenters. The molecule has 0 radical (unpaired) electrons. The first-order valence-electron chi connectivity index (χ1n) is 5.54. The van der Waals surface area contributed by atoms with E-state index in [4.69, 9.17) is 16.3 Å². The molecule has 0 aliphatic carbocycles. The Balaban J connectivity index is 1.94. The summed E-state index contributed by atoms with van der Waals surface area (Å²) in [6, 6.07) is 8.03. The molecule has 4 nitrogen and oxygen atoms in total. The number of benzene rings is 1. The van der Waals surface area contributed by atoms with E-state index < -0.39 is 11.7 Å². The number of carbonyl (C=O) groups excluding carboxylic acids is 1. The standard InChI is InChI=1S/C13H9BrClFN2O2/c14-9-5-8(16)6-17-13(9)18-12(19)7-20-11-4-2-1-3-10(11)15/h1-6H,7H2,(H,17,18,19). The Hall–Kier alpha value is -1.66. The smallest absolute Gasteiger partial charge is 0.263 e. The third kappa shape index (κ3) is 3.91. The van der Waals surface area contributed by atoms with Gasteiger partial charge in [-0.3, -0.25) is 4.79 Å². The largest absolute Gasteiger partial charge is 0.482 e. The minimum absolute atomic E-state index is 0.221. The van der Waals surface area contributed by atoms with Crippen LogP contribution >= 0.6 is 27.5 Å². The molecule has 1 N–H and O–H groups in total. The Labute approximate surface area is 128 Å². The number of hydrogen-bond donors (Lipinski definition) is 1. The van der Waals surface area contributed by atoms with Gasteiger partial charge in [-0.1, -0.05) is 23.7 Å². The van der Waals surface area contributed by atoms with E-state index >= 15 is 0 Å². The minimum Gasteiger partial charge on any atom is -0.482 e. The van der Waals surface area contributed by atoms with Crippen LogP contribution in [0.2, 0.25) is 5.02 Å². The zero-order chi connectivity index (χ0) is 14.5. The van der Waals surface area contributed by atoms with Gasteiger partial charge in [0.1, 0.15) is 17.4 Å². The Kier molecular flexibility index (Phi) is 4.92. The van der Waals surface area contributed by atoms with E-state index in [1.54, 1.807) is 24.3 Å². The first-order chi connectivity index (χ1) is 9.56. The van der Waals surface area contributed by atoms with Crippen molar-refractivity contribution in [3.05, 3.63) is 51.8 Å². The van der Waals surface area contributed by atoms with Crippen molar-refractivity contribution in [3.8, 4) is 5.75 Å². The third-order valence-corrected chi connectivity index (χ3v) is 3.18. The van der Waals surface area contributed by atoms with Crippen LogP contribution in [0.25, 0.3) is 0 Å². The Morgan fingerprint density at radius 1 is 1.45 bits per heavy atom. The highest BCUT2D eigenvalue weighted by molar-refractivity contribution is 9.10. The van der Waals surface area contributed by atoms with Gasteiger partial charge < -0.3 is 10.1 Å². The maximum absolute atomic E-state index is 12.9. The molecular formula is C13H9BrClFN2O2. The van der Waals surface area contributed by atoms with Crippen LogP contribution in [0.4, 0.5) is 10.2 Å². The number of aromatic nitrogens is 1. The van der Waals surface area contributed by atoms with E-state index in [2.05, 4.69) is 26.2 Å². The van der Waals surface area contributed by atoms with Crippen LogP contribution in [0.3, 0.4) is 0 Å². The summed E-state index contributed by atoms with van der Waals surface area (Å²) >= 11 is 9.00. The van der Waals surface area contributed by atoms with Crippen LogP contribution < -0.4 is 10.1 Å². The van der Waals surface area contributed by atoms with Crippen molar-refractivity contribution in [3.63, 3.8) is 0 Å². The lowest BCUT2D eigenvalue weighted by atomic mass is 10.3. The molecule has 1 amide bonds. The van der Waals surface area contributed by atoms with Crippen molar-refractivity contribution in [2.45, 2.75) is 0 Å². The van der Waals surface area contributed by atoms with Crippen LogP contribution in [0.15, 0.2) is 41.0 Å². The number of halogens is 3. The van der Waals surface area contributed by atoms with E-state index in [9.17, 15) is 9.18 Å². The molecule has 2 rings (SSSR count). The van der Waals surface area contributed by atoms with Crippen LogP contribution in [0, 0.1) is 5.82 Å². The van der Waals surface area contributed by atoms with Gasteiger partial charge in [-0.05, 0) is 34.1 Å². The predicted octanol–water partition coefficient (Wildman–Crippen LogP) is 3.65. The van der Waals surface area contributed by atoms with E-state index in [1.165, 1.54) is 6.07 Å². The number of rotatable bonds is 4. The molecule has 7 heteroatoms. The Morgan fingerprint density at radius 2 is 2.20 bits per heavy atom. The lowest BCUT2D eigenvalue weighted by Crippen LogP contribution is -2.21. The van der Waals surface area contributed by atoms with E-state index in [0.717, 1.165) is 6.20 Å². The molecule has 0 spiro atoms. The summed E-state index contributed by atoms with van der Waals surface area (Å²) in [5.41, 5.74) is 0. The molecule has 1 aromatic carbocycles. The van der Waals surface area contributed by atoms with Gasteiger partial charge in [0.25, 0.3) is 5.91 Å². The SMILES string of the molecule is O=C(COc1ccccc1Cl)Nc1ncc(F)cc1Br. The van der Waals surface area contributed by atoms with Crippen LogP contribution in [0.1, 0.15) is 0 Å². The number of amides is 1. The van der Waals surface area contributed by atoms with Gasteiger partial charge in [-0.2, -0.15) is 0 Å². The highest BCUT2D eigenvalue weighted by Crippen LogP contribution is 2.23. The van der Waals surface area contributed by atoms with Crippen molar-refractivity contribution in [1.82, 2.24) is 4.98 Å². The number of nitrogens with zero attached hydrogens (tertiary/aromatic N) is 1. The number of anilines is 1. The summed E-state index contributed by atoms with van der Waals surface area (Å²) in [7, 11) is 0. The number of nitrogens with one attached hydrogen (secondary N) is 1. The lowest BCUT2D eigenvalue weighted by Gasteiger charge is -2.09. The molecule has 104 valence electrons. The molecule has 0 fully saturated rings. The maximum atomic E-state index is 12.9. The summed E-state index contributed by atoms with van der Waals surface area (Å²) in [5.74, 6) is -0.290. The fraction of sp³-hybridized carbons (Fsp3) is 0.0769. The molecule has 0 bridgehead atoms. The zero-order valence-electron chi connectivity index (χ0n) is 10.1. The Bertz CT molecular complexity index is 640. The molecule has 0 saturated carbocycles. The molecule has 1 aromatic heterocycles. The first kappa shape index (κ1) is 14.7. The van der Waals surface area contributed by atoms with Crippen molar-refractivity contribution in [2.24, 2.45) is 0 Å². The van der Waals surface area contributed by atoms with E-state index in [-0.39, 0.29) is 12.4 Å². The molecule has 1 heterocycles. The topological polar surface area (TPSA) is 51.2 Å². The molecular weight excluding hydrogens is 351 g/mol. The van der Waals surface area contributed by atoms with Crippen molar-refractivity contribution >= 4 is 39.3 Å². The van der Waals surface area contributed by atoms with Gasteiger partial charge >= 0.3 is 0 Å². The summed E-state index contributed by atoms with van der Waals surface area (Å²) in [6.07, 6.45) is 1.01. The number of para-hydroxylation sites is 1. The van der Waals surface area contributed by atoms with E-state index in [0.29, 0.717) is 15.2 Å². The number of carbonyl (C=O) groups is 1. The summed E-state index contributed by atoms with van der Waals surface area (Å²) in [6.45, 7) is -0.227. The van der Waals surface area contributed by atoms with Gasteiger partial charge in [-0.25, -0.2) is 9.37 Å². The highest BCUT2D eigenvalue weighted by atomic mass is 79.9. The Morgan fingerprint density at radius 3 is 2.90 bits per heavy atom. The van der Waals surface area contributed by atoms with Crippen LogP contribution in [0.5, 0.6) is 5.75 Å². The highest BCUT2D eigenvalue weighted by Gasteiger charge is 2.09. The normalized spacial score (nSPS) is 10.2. The quantitative estimate of drug-likeness (QED) is 0.906. The van der Waals surface area contributed by atoms with Gasteiger partial charge in [0.15, 0.2) is 6.61 Å². The first-order valence-corrected chi connectivity index (χ1v) is 6.71. The fourth-order valence-corrected chi connectivity index (χ4v) is 1.99. The second-order valence-electron chi connectivity index (χ2n) is 3.75. The van der Waals surface area contributed by atoms with Crippen molar-refractivity contribution in [1.29, 1.82) is 0 Å². The van der Waals surface area contributed by atoms with Gasteiger partial charge in [0, 0.05) is 0 Å². The number of ether oxygens (including phenoxy) is 1. The predicted molar refractivity (Wildman–Crippen MR) is 77.5 cm³/mol. The number of pyridine rings is 1. The van der Waals surface area contributed by atoms with Gasteiger partial charge in [0.05, 0.1) is 15.7 Å². The summed E-state index contributed by atoms with van der Waals surface area (Å²) in [4.78, 5) is 15.5. The third-order valence-electron chi connectivity index (χ3n) is 2.26. The van der Waals surface area contributed by atoms with Gasteiger partial charge in [0.2, 0.25) is 0 Å². The summed E-state index contributed by atoms with van der Waals surface area (Å²) in [5, 5.41) is 2.91. The molecule has 0 aliphatic heterocycles. The second kappa shape index (κ2) is 6.67. The molecule has 20 heavy (non-hydrogen) atoms. The van der Waals surface area contributed by atoms with Crippen molar-refractivity contribution < 1.29 is 13.9 Å². The fourth-order valence-electron chi connectivity index (χ4n) is 1.38. The molecule has 0 unspecified atom stereocenters. The van der Waals surface area contributed by atoms with Crippen LogP contribution in [-0.4, -0.2) is 17.5 Å².